The van der Waals surface area contributed by atoms with Crippen molar-refractivity contribution in [3.8, 4) is 0 Å². The molecule has 0 spiro atoms. The van der Waals surface area contributed by atoms with Gasteiger partial charge in [0, 0.05) is 13.1 Å². The summed E-state index contributed by atoms with van der Waals surface area (Å²) in [5.41, 5.74) is 0.875. The monoisotopic (exact) mass is 311 g/mol. The summed E-state index contributed by atoms with van der Waals surface area (Å²) in [6.07, 6.45) is 1.56. The van der Waals surface area contributed by atoms with E-state index >= 15 is 0 Å². The van der Waals surface area contributed by atoms with Gasteiger partial charge in [0.1, 0.15) is 0 Å². The first-order chi connectivity index (χ1) is 9.69. The third-order valence-electron chi connectivity index (χ3n) is 3.59. The number of ether oxygens (including phenoxy) is 1. The van der Waals surface area contributed by atoms with Crippen LogP contribution in [0.4, 0.5) is 5.82 Å². The second-order valence-corrected chi connectivity index (χ2v) is 5.99. The van der Waals surface area contributed by atoms with Gasteiger partial charge in [-0.05, 0) is 35.9 Å². The van der Waals surface area contributed by atoms with Crippen LogP contribution in [0.3, 0.4) is 0 Å². The predicted molar refractivity (Wildman–Crippen MR) is 79.4 cm³/mol. The Labute approximate surface area is 125 Å². The summed E-state index contributed by atoms with van der Waals surface area (Å²) in [6, 6.07) is 1.94. The summed E-state index contributed by atoms with van der Waals surface area (Å²) in [5, 5.41) is 2.25. The van der Waals surface area contributed by atoms with Gasteiger partial charge in [-0.2, -0.15) is 4.98 Å². The number of hydrogen-bond donors (Lipinski definition) is 0. The molecule has 0 aromatic carbocycles. The van der Waals surface area contributed by atoms with E-state index in [1.807, 2.05) is 11.4 Å². The van der Waals surface area contributed by atoms with Crippen LogP contribution < -0.4 is 4.90 Å². The number of esters is 1. The van der Waals surface area contributed by atoms with E-state index < -0.39 is 0 Å². The van der Waals surface area contributed by atoms with Crippen molar-refractivity contribution in [2.45, 2.75) is 12.8 Å². The quantitative estimate of drug-likeness (QED) is 0.630. The van der Waals surface area contributed by atoms with Crippen LogP contribution in [0.2, 0.25) is 5.28 Å². The first kappa shape index (κ1) is 13.6. The minimum absolute atomic E-state index is 0.00705. The Kier molecular flexibility index (Phi) is 3.76. The lowest BCUT2D eigenvalue weighted by atomic mass is 9.97. The molecule has 2 aromatic rings. The van der Waals surface area contributed by atoms with Crippen LogP contribution in [0.15, 0.2) is 11.4 Å². The van der Waals surface area contributed by atoms with Gasteiger partial charge in [-0.25, -0.2) is 4.98 Å². The molecular weight excluding hydrogens is 298 g/mol. The molecule has 3 rings (SSSR count). The van der Waals surface area contributed by atoms with Crippen LogP contribution in [0.5, 0.6) is 0 Å². The van der Waals surface area contributed by atoms with E-state index in [-0.39, 0.29) is 17.2 Å². The van der Waals surface area contributed by atoms with Crippen molar-refractivity contribution in [3.05, 3.63) is 16.7 Å². The molecule has 1 aliphatic heterocycles. The molecule has 3 heterocycles. The summed E-state index contributed by atoms with van der Waals surface area (Å²) in [5.74, 6) is 0.748. The lowest BCUT2D eigenvalue weighted by molar-refractivity contribution is -0.146. The average Bonchev–Trinajstić information content (AvgIpc) is 2.94. The molecule has 0 unspecified atom stereocenters. The number of fused-ring (bicyclic) bond motifs is 1. The number of carbonyl (C=O) groups is 1. The summed E-state index contributed by atoms with van der Waals surface area (Å²) in [7, 11) is 1.44. The molecule has 1 aliphatic rings. The first-order valence-electron chi connectivity index (χ1n) is 6.42. The second-order valence-electron chi connectivity index (χ2n) is 4.74. The molecule has 2 aromatic heterocycles. The summed E-state index contributed by atoms with van der Waals surface area (Å²) >= 11 is 7.59. The number of nitrogens with zero attached hydrogens (tertiary/aromatic N) is 3. The van der Waals surface area contributed by atoms with Gasteiger partial charge in [-0.3, -0.25) is 4.79 Å². The fraction of sp³-hybridized carbons (Fsp3) is 0.462. The number of methoxy groups -OCH3 is 1. The third-order valence-corrected chi connectivity index (χ3v) is 4.66. The summed E-state index contributed by atoms with van der Waals surface area (Å²) in [6.45, 7) is 1.56. The van der Waals surface area contributed by atoms with Gasteiger partial charge < -0.3 is 9.64 Å². The lowest BCUT2D eigenvalue weighted by Crippen LogP contribution is -2.37. The number of halogens is 1. The van der Waals surface area contributed by atoms with Crippen molar-refractivity contribution in [2.24, 2.45) is 5.92 Å². The van der Waals surface area contributed by atoms with E-state index in [4.69, 9.17) is 16.3 Å². The van der Waals surface area contributed by atoms with Crippen LogP contribution in [0.25, 0.3) is 10.2 Å². The maximum Gasteiger partial charge on any atom is 0.308 e. The highest BCUT2D eigenvalue weighted by molar-refractivity contribution is 7.17. The van der Waals surface area contributed by atoms with Crippen LogP contribution in [-0.2, 0) is 9.53 Å². The van der Waals surface area contributed by atoms with Gasteiger partial charge in [0.2, 0.25) is 5.28 Å². The Hall–Kier alpha value is -1.40. The van der Waals surface area contributed by atoms with Gasteiger partial charge in [-0.1, -0.05) is 0 Å². The Morgan fingerprint density at radius 2 is 2.20 bits per heavy atom. The Balaban J connectivity index is 1.83. The molecule has 0 N–H and O–H groups in total. The molecule has 106 valence electrons. The summed E-state index contributed by atoms with van der Waals surface area (Å²) in [4.78, 5) is 22.3. The van der Waals surface area contributed by atoms with Crippen molar-refractivity contribution < 1.29 is 9.53 Å². The van der Waals surface area contributed by atoms with E-state index in [0.29, 0.717) is 0 Å². The van der Waals surface area contributed by atoms with E-state index in [1.54, 1.807) is 11.3 Å². The Morgan fingerprint density at radius 1 is 1.45 bits per heavy atom. The molecule has 0 bridgehead atoms. The molecular formula is C13H14ClN3O2S. The Morgan fingerprint density at radius 3 is 2.90 bits per heavy atom. The molecule has 20 heavy (non-hydrogen) atoms. The number of rotatable bonds is 2. The largest absolute Gasteiger partial charge is 0.469 e. The van der Waals surface area contributed by atoms with Gasteiger partial charge in [0.05, 0.1) is 23.2 Å². The fourth-order valence-electron chi connectivity index (χ4n) is 2.53. The lowest BCUT2D eigenvalue weighted by Gasteiger charge is -2.31. The predicted octanol–water partition coefficient (Wildman–Crippen LogP) is 2.73. The van der Waals surface area contributed by atoms with Crippen molar-refractivity contribution in [1.29, 1.82) is 0 Å². The zero-order valence-corrected chi connectivity index (χ0v) is 12.6. The molecule has 0 saturated carbocycles. The number of aromatic nitrogens is 2. The van der Waals surface area contributed by atoms with Gasteiger partial charge in [-0.15, -0.1) is 11.3 Å². The third kappa shape index (κ3) is 2.45. The van der Waals surface area contributed by atoms with Crippen LogP contribution >= 0.6 is 22.9 Å². The minimum Gasteiger partial charge on any atom is -0.469 e. The van der Waals surface area contributed by atoms with Crippen molar-refractivity contribution >= 4 is 44.9 Å². The summed E-state index contributed by atoms with van der Waals surface area (Å²) < 4.78 is 5.85. The van der Waals surface area contributed by atoms with Crippen LogP contribution in [0.1, 0.15) is 12.8 Å². The minimum atomic E-state index is -0.119. The van der Waals surface area contributed by atoms with E-state index in [9.17, 15) is 4.79 Å². The second kappa shape index (κ2) is 5.54. The Bertz CT molecular complexity index is 638. The van der Waals surface area contributed by atoms with Crippen LogP contribution in [0, 0.1) is 5.92 Å². The normalized spacial score (nSPS) is 16.6. The molecule has 0 aliphatic carbocycles. The number of anilines is 1. The van der Waals surface area contributed by atoms with E-state index in [1.165, 1.54) is 7.11 Å². The molecule has 1 fully saturated rings. The highest BCUT2D eigenvalue weighted by atomic mass is 35.5. The van der Waals surface area contributed by atoms with E-state index in [0.717, 1.165) is 42.0 Å². The van der Waals surface area contributed by atoms with Crippen molar-refractivity contribution in [1.82, 2.24) is 9.97 Å². The van der Waals surface area contributed by atoms with Crippen molar-refractivity contribution in [2.75, 3.05) is 25.1 Å². The average molecular weight is 312 g/mol. The van der Waals surface area contributed by atoms with Gasteiger partial charge >= 0.3 is 5.97 Å². The molecule has 0 radical (unpaired) electrons. The molecule has 0 amide bonds. The van der Waals surface area contributed by atoms with E-state index in [2.05, 4.69) is 14.9 Å². The molecule has 0 atom stereocenters. The number of piperidine rings is 1. The highest BCUT2D eigenvalue weighted by Gasteiger charge is 2.27. The number of thiophene rings is 1. The maximum atomic E-state index is 11.5. The SMILES string of the molecule is COC(=O)C1CCN(c2nc(Cl)nc3ccsc23)CC1. The molecule has 1 saturated heterocycles. The zero-order chi connectivity index (χ0) is 14.1. The van der Waals surface area contributed by atoms with Gasteiger partial charge in [0.15, 0.2) is 5.82 Å². The van der Waals surface area contributed by atoms with Crippen molar-refractivity contribution in [3.63, 3.8) is 0 Å². The zero-order valence-electron chi connectivity index (χ0n) is 11.0. The number of carbonyl (C=O) groups excluding carboxylic acids is 1. The molecule has 5 nitrogen and oxygen atoms in total. The fourth-order valence-corrected chi connectivity index (χ4v) is 3.55. The number of hydrogen-bond acceptors (Lipinski definition) is 6. The smallest absolute Gasteiger partial charge is 0.308 e. The molecule has 7 heteroatoms. The van der Waals surface area contributed by atoms with Crippen LogP contribution in [-0.4, -0.2) is 36.1 Å². The first-order valence-corrected chi connectivity index (χ1v) is 7.68. The standard InChI is InChI=1S/C13H14ClN3O2S/c1-19-12(18)8-2-5-17(6-3-8)11-10-9(4-7-20-10)15-13(14)16-11/h4,7-8H,2-3,5-6H2,1H3. The topological polar surface area (TPSA) is 55.3 Å². The highest BCUT2D eigenvalue weighted by Crippen LogP contribution is 2.32. The maximum absolute atomic E-state index is 11.5. The van der Waals surface area contributed by atoms with Gasteiger partial charge in [0.25, 0.3) is 0 Å².